The lowest BCUT2D eigenvalue weighted by Crippen LogP contribution is -2.45. The fourth-order valence-electron chi connectivity index (χ4n) is 3.19. The van der Waals surface area contributed by atoms with Crippen LogP contribution in [0.4, 0.5) is 0 Å². The van der Waals surface area contributed by atoms with Gasteiger partial charge in [-0.15, -0.1) is 0 Å². The molecule has 0 aliphatic heterocycles. The Balaban J connectivity index is 0. The van der Waals surface area contributed by atoms with Gasteiger partial charge in [0.05, 0.1) is 45.9 Å². The number of carbonyl (C=O) groups is 5. The SMILES string of the molecule is C.CCCOCCOCCCC(=O)CN(CCN(CC(=O)O)CC(=O)O)CCN(CC(=O)O)CC(=O)O. The number of ketones is 1. The van der Waals surface area contributed by atoms with Gasteiger partial charge in [-0.05, 0) is 12.8 Å². The van der Waals surface area contributed by atoms with Gasteiger partial charge in [-0.25, -0.2) is 0 Å². The standard InChI is InChI=1S/C22H39N3O11.CH4/c1-2-9-35-11-12-36-10-3-4-18(26)13-23(5-7-24(14-19(27)28)15-20(29)30)6-8-25(16-21(31)32)17-22(33)34;/h2-17H2,1H3,(H,27,28)(H,29,30)(H,31,32)(H,33,34);1H4. The van der Waals surface area contributed by atoms with Crippen molar-refractivity contribution in [3.05, 3.63) is 0 Å². The van der Waals surface area contributed by atoms with E-state index in [-0.39, 0.29) is 52.4 Å². The number of carboxylic acid groups (broad SMARTS) is 4. The number of hydrogen-bond donors (Lipinski definition) is 4. The average molecular weight is 538 g/mol. The summed E-state index contributed by atoms with van der Waals surface area (Å²) in [6.45, 7) is 2.20. The number of rotatable bonds is 25. The van der Waals surface area contributed by atoms with Gasteiger partial charge in [0, 0.05) is 45.8 Å². The number of aliphatic carboxylic acids is 4. The van der Waals surface area contributed by atoms with E-state index in [9.17, 15) is 24.0 Å². The predicted octanol–water partition coefficient (Wildman–Crippen LogP) is -0.341. The van der Waals surface area contributed by atoms with Crippen LogP contribution in [0.3, 0.4) is 0 Å². The van der Waals surface area contributed by atoms with Crippen LogP contribution >= 0.6 is 0 Å². The fourth-order valence-corrected chi connectivity index (χ4v) is 3.19. The second-order valence-corrected chi connectivity index (χ2v) is 8.14. The molecule has 0 aliphatic carbocycles. The van der Waals surface area contributed by atoms with Crippen molar-refractivity contribution in [3.8, 4) is 0 Å². The molecule has 0 spiro atoms. The zero-order chi connectivity index (χ0) is 27.3. The molecule has 0 aromatic rings. The van der Waals surface area contributed by atoms with Crippen molar-refractivity contribution >= 4 is 29.7 Å². The Bertz CT molecular complexity index is 619. The maximum Gasteiger partial charge on any atom is 0.317 e. The quantitative estimate of drug-likeness (QED) is 0.110. The summed E-state index contributed by atoms with van der Waals surface area (Å²) in [6.07, 6.45) is 1.61. The van der Waals surface area contributed by atoms with E-state index in [1.807, 2.05) is 6.92 Å². The number of Topliss-reactive ketones (excluding diaryl/α,β-unsaturated/α-hetero) is 1. The lowest BCUT2D eigenvalue weighted by molar-refractivity contribution is -0.143. The number of ether oxygens (including phenoxy) is 2. The summed E-state index contributed by atoms with van der Waals surface area (Å²) < 4.78 is 10.7. The maximum atomic E-state index is 12.5. The molecular formula is C23H43N3O11. The van der Waals surface area contributed by atoms with Gasteiger partial charge in [-0.2, -0.15) is 0 Å². The minimum atomic E-state index is -1.20. The highest BCUT2D eigenvalue weighted by molar-refractivity contribution is 5.80. The monoisotopic (exact) mass is 537 g/mol. The second-order valence-electron chi connectivity index (χ2n) is 8.14. The molecule has 0 bridgehead atoms. The molecule has 0 saturated heterocycles. The topological polar surface area (TPSA) is 194 Å². The van der Waals surface area contributed by atoms with Crippen LogP contribution in [0.25, 0.3) is 0 Å². The molecule has 0 atom stereocenters. The molecule has 0 aromatic heterocycles. The molecule has 14 heteroatoms. The van der Waals surface area contributed by atoms with Gasteiger partial charge in [0.1, 0.15) is 5.78 Å². The normalized spacial score (nSPS) is 11.0. The van der Waals surface area contributed by atoms with E-state index in [4.69, 9.17) is 29.9 Å². The Morgan fingerprint density at radius 1 is 0.568 bits per heavy atom. The predicted molar refractivity (Wildman–Crippen MR) is 133 cm³/mol. The van der Waals surface area contributed by atoms with Crippen molar-refractivity contribution < 1.29 is 53.9 Å². The minimum Gasteiger partial charge on any atom is -0.480 e. The Labute approximate surface area is 217 Å². The second kappa shape index (κ2) is 22.5. The van der Waals surface area contributed by atoms with Gasteiger partial charge in [-0.1, -0.05) is 14.4 Å². The van der Waals surface area contributed by atoms with Gasteiger partial charge in [-0.3, -0.25) is 38.7 Å². The summed E-state index contributed by atoms with van der Waals surface area (Å²) in [6, 6.07) is 0. The zero-order valence-electron chi connectivity index (χ0n) is 20.8. The molecule has 37 heavy (non-hydrogen) atoms. The molecule has 0 amide bonds. The molecule has 0 radical (unpaired) electrons. The Morgan fingerprint density at radius 2 is 0.946 bits per heavy atom. The highest BCUT2D eigenvalue weighted by Crippen LogP contribution is 2.01. The molecule has 0 unspecified atom stereocenters. The van der Waals surface area contributed by atoms with Crippen LogP contribution in [-0.4, -0.2) is 150 Å². The van der Waals surface area contributed by atoms with E-state index >= 15 is 0 Å². The summed E-state index contributed by atoms with van der Waals surface area (Å²) in [5.41, 5.74) is 0. The third-order valence-corrected chi connectivity index (χ3v) is 4.77. The van der Waals surface area contributed by atoms with Crippen LogP contribution in [0.1, 0.15) is 33.6 Å². The summed E-state index contributed by atoms with van der Waals surface area (Å²) in [4.78, 5) is 60.7. The fraction of sp³-hybridized carbons (Fsp3) is 0.783. The first-order valence-electron chi connectivity index (χ1n) is 11.7. The molecule has 0 rings (SSSR count). The highest BCUT2D eigenvalue weighted by atomic mass is 16.5. The average Bonchev–Trinajstić information content (AvgIpc) is 2.75. The number of carbonyl (C=O) groups excluding carboxylic acids is 1. The minimum absolute atomic E-state index is 0. The van der Waals surface area contributed by atoms with Gasteiger partial charge >= 0.3 is 23.9 Å². The molecule has 0 heterocycles. The van der Waals surface area contributed by atoms with Crippen molar-refractivity contribution in [2.24, 2.45) is 0 Å². The third kappa shape index (κ3) is 23.5. The Kier molecular flexibility index (Phi) is 22.2. The summed E-state index contributed by atoms with van der Waals surface area (Å²) in [7, 11) is 0. The van der Waals surface area contributed by atoms with Gasteiger partial charge in [0.15, 0.2) is 0 Å². The molecule has 0 saturated carbocycles. The first-order valence-corrected chi connectivity index (χ1v) is 11.7. The number of carboxylic acids is 4. The van der Waals surface area contributed by atoms with Crippen molar-refractivity contribution in [1.82, 2.24) is 14.7 Å². The van der Waals surface area contributed by atoms with E-state index in [0.29, 0.717) is 32.8 Å². The molecular weight excluding hydrogens is 494 g/mol. The zero-order valence-corrected chi connectivity index (χ0v) is 20.8. The van der Waals surface area contributed by atoms with E-state index in [2.05, 4.69) is 0 Å². The lowest BCUT2D eigenvalue weighted by Gasteiger charge is -2.28. The molecule has 0 aromatic carbocycles. The van der Waals surface area contributed by atoms with Crippen molar-refractivity contribution in [1.29, 1.82) is 0 Å². The molecule has 14 nitrogen and oxygen atoms in total. The third-order valence-electron chi connectivity index (χ3n) is 4.77. The van der Waals surface area contributed by atoms with Crippen LogP contribution in [0.2, 0.25) is 0 Å². The van der Waals surface area contributed by atoms with Gasteiger partial charge in [0.2, 0.25) is 0 Å². The summed E-state index contributed by atoms with van der Waals surface area (Å²) >= 11 is 0. The molecule has 0 fully saturated rings. The van der Waals surface area contributed by atoms with Crippen LogP contribution in [0, 0.1) is 0 Å². The number of hydrogen-bond acceptors (Lipinski definition) is 10. The van der Waals surface area contributed by atoms with Crippen LogP contribution in [0.5, 0.6) is 0 Å². The van der Waals surface area contributed by atoms with Crippen LogP contribution in [0.15, 0.2) is 0 Å². The summed E-state index contributed by atoms with van der Waals surface area (Å²) in [5.74, 6) is -4.94. The van der Waals surface area contributed by atoms with E-state index in [1.165, 1.54) is 9.80 Å². The van der Waals surface area contributed by atoms with Gasteiger partial charge < -0.3 is 29.9 Å². The van der Waals surface area contributed by atoms with Gasteiger partial charge in [0.25, 0.3) is 0 Å². The van der Waals surface area contributed by atoms with E-state index in [1.54, 1.807) is 4.90 Å². The molecule has 0 aliphatic rings. The Morgan fingerprint density at radius 3 is 1.32 bits per heavy atom. The Hall–Kier alpha value is -2.65. The molecule has 216 valence electrons. The lowest BCUT2D eigenvalue weighted by atomic mass is 10.2. The number of nitrogens with zero attached hydrogens (tertiary/aromatic N) is 3. The van der Waals surface area contributed by atoms with E-state index < -0.39 is 50.1 Å². The largest absolute Gasteiger partial charge is 0.480 e. The highest BCUT2D eigenvalue weighted by Gasteiger charge is 2.19. The van der Waals surface area contributed by atoms with Crippen molar-refractivity contribution in [2.45, 2.75) is 33.6 Å². The maximum absolute atomic E-state index is 12.5. The molecule has 4 N–H and O–H groups in total. The van der Waals surface area contributed by atoms with Crippen LogP contribution < -0.4 is 0 Å². The van der Waals surface area contributed by atoms with Crippen LogP contribution in [-0.2, 0) is 33.4 Å². The summed E-state index contributed by atoms with van der Waals surface area (Å²) in [5, 5.41) is 36.1. The smallest absolute Gasteiger partial charge is 0.317 e. The van der Waals surface area contributed by atoms with Crippen molar-refractivity contribution in [3.63, 3.8) is 0 Å². The first-order chi connectivity index (χ1) is 17.0. The first kappa shape index (κ1) is 36.5. The van der Waals surface area contributed by atoms with Crippen molar-refractivity contribution in [2.75, 3.05) is 85.3 Å². The van der Waals surface area contributed by atoms with E-state index in [0.717, 1.165) is 6.42 Å².